The van der Waals surface area contributed by atoms with Crippen LogP contribution in [-0.4, -0.2) is 12.2 Å². The van der Waals surface area contributed by atoms with Crippen LogP contribution in [0.1, 0.15) is 24.5 Å². The van der Waals surface area contributed by atoms with Crippen LogP contribution in [-0.2, 0) is 17.2 Å². The Hall–Kier alpha value is -3.62. The molecular weight excluding hydrogens is 445 g/mol. The number of rotatable bonds is 7. The summed E-state index contributed by atoms with van der Waals surface area (Å²) in [4.78, 5) is 16.2. The van der Waals surface area contributed by atoms with Gasteiger partial charge >= 0.3 is 0 Å². The molecule has 0 fully saturated rings. The Bertz CT molecular complexity index is 1220. The summed E-state index contributed by atoms with van der Waals surface area (Å²) < 4.78 is 19.1. The van der Waals surface area contributed by atoms with E-state index >= 15 is 0 Å². The van der Waals surface area contributed by atoms with Crippen molar-refractivity contribution in [1.29, 1.82) is 0 Å². The standard InChI is InChI=1S/C24H23ClFN5O2/c1-2-23(32)30-17-6-8-21-19(11-17)24(27,29-14-28-21)31-18-7-9-22(20(25)12-18)33-13-15-4-3-5-16(26)10-15/h3-12,14,31H,2,13,27H2,1H3,(H,28,29)(H,30,32). The van der Waals surface area contributed by atoms with Crippen LogP contribution >= 0.6 is 11.6 Å². The molecule has 3 aromatic rings. The molecule has 4 rings (SSSR count). The summed E-state index contributed by atoms with van der Waals surface area (Å²) in [5.41, 5.74) is 9.95. The molecule has 170 valence electrons. The minimum atomic E-state index is -1.29. The maximum atomic E-state index is 13.4. The van der Waals surface area contributed by atoms with Crippen LogP contribution in [0.25, 0.3) is 0 Å². The highest BCUT2D eigenvalue weighted by Crippen LogP contribution is 2.35. The molecule has 1 amide bonds. The van der Waals surface area contributed by atoms with E-state index in [1.165, 1.54) is 18.5 Å². The van der Waals surface area contributed by atoms with E-state index < -0.39 is 5.79 Å². The number of hydrogen-bond donors (Lipinski definition) is 4. The van der Waals surface area contributed by atoms with Gasteiger partial charge < -0.3 is 20.7 Å². The molecule has 0 saturated carbocycles. The molecule has 5 N–H and O–H groups in total. The predicted octanol–water partition coefficient (Wildman–Crippen LogP) is 5.04. The van der Waals surface area contributed by atoms with Gasteiger partial charge in [-0.3, -0.25) is 10.5 Å². The van der Waals surface area contributed by atoms with E-state index in [2.05, 4.69) is 20.9 Å². The number of carbonyl (C=O) groups excluding carboxylic acids is 1. The Morgan fingerprint density at radius 1 is 1.18 bits per heavy atom. The zero-order valence-electron chi connectivity index (χ0n) is 17.9. The monoisotopic (exact) mass is 467 g/mol. The van der Waals surface area contributed by atoms with Crippen molar-refractivity contribution < 1.29 is 13.9 Å². The largest absolute Gasteiger partial charge is 0.487 e. The molecular formula is C24H23ClFN5O2. The highest BCUT2D eigenvalue weighted by molar-refractivity contribution is 6.32. The predicted molar refractivity (Wildman–Crippen MR) is 129 cm³/mol. The van der Waals surface area contributed by atoms with Crippen molar-refractivity contribution in [3.05, 3.63) is 82.6 Å². The van der Waals surface area contributed by atoms with Gasteiger partial charge in [-0.15, -0.1) is 0 Å². The van der Waals surface area contributed by atoms with E-state index in [1.807, 2.05) is 6.07 Å². The Kier molecular flexibility index (Phi) is 6.48. The molecule has 1 heterocycles. The lowest BCUT2D eigenvalue weighted by Gasteiger charge is -2.33. The Morgan fingerprint density at radius 2 is 2.00 bits per heavy atom. The molecule has 33 heavy (non-hydrogen) atoms. The number of nitrogens with two attached hydrogens (primary N) is 1. The molecule has 3 aromatic carbocycles. The minimum absolute atomic E-state index is 0.0987. The molecule has 0 aromatic heterocycles. The van der Waals surface area contributed by atoms with Crippen LogP contribution < -0.4 is 26.4 Å². The maximum Gasteiger partial charge on any atom is 0.224 e. The fourth-order valence-corrected chi connectivity index (χ4v) is 3.62. The lowest BCUT2D eigenvalue weighted by molar-refractivity contribution is -0.115. The number of aliphatic imine (C=N–C) groups is 1. The van der Waals surface area contributed by atoms with Gasteiger partial charge in [0.25, 0.3) is 0 Å². The molecule has 0 aliphatic carbocycles. The molecule has 0 saturated heterocycles. The third kappa shape index (κ3) is 5.24. The fourth-order valence-electron chi connectivity index (χ4n) is 3.39. The van der Waals surface area contributed by atoms with Crippen LogP contribution in [0.5, 0.6) is 5.75 Å². The van der Waals surface area contributed by atoms with Crippen molar-refractivity contribution in [2.24, 2.45) is 10.7 Å². The van der Waals surface area contributed by atoms with Crippen molar-refractivity contribution in [2.75, 3.05) is 16.0 Å². The first-order chi connectivity index (χ1) is 15.9. The second-order valence-corrected chi connectivity index (χ2v) is 7.93. The maximum absolute atomic E-state index is 13.4. The summed E-state index contributed by atoms with van der Waals surface area (Å²) in [5.74, 6) is -1.26. The topological polar surface area (TPSA) is 101 Å². The number of anilines is 3. The Morgan fingerprint density at radius 3 is 2.76 bits per heavy atom. The fraction of sp³-hybridized carbons (Fsp3) is 0.167. The lowest BCUT2D eigenvalue weighted by Crippen LogP contribution is -2.45. The van der Waals surface area contributed by atoms with Crippen LogP contribution in [0.2, 0.25) is 5.02 Å². The average Bonchev–Trinajstić information content (AvgIpc) is 2.79. The number of nitrogens with one attached hydrogen (secondary N) is 3. The van der Waals surface area contributed by atoms with E-state index in [9.17, 15) is 9.18 Å². The van der Waals surface area contributed by atoms with Crippen LogP contribution in [0.4, 0.5) is 21.5 Å². The van der Waals surface area contributed by atoms with E-state index in [-0.39, 0.29) is 18.3 Å². The Labute approximate surface area is 195 Å². The highest BCUT2D eigenvalue weighted by atomic mass is 35.5. The number of fused-ring (bicyclic) bond motifs is 1. The molecule has 1 aliphatic heterocycles. The molecule has 0 radical (unpaired) electrons. The van der Waals surface area contributed by atoms with Gasteiger partial charge in [0.1, 0.15) is 18.2 Å². The summed E-state index contributed by atoms with van der Waals surface area (Å²) in [7, 11) is 0. The summed E-state index contributed by atoms with van der Waals surface area (Å²) in [6.07, 6.45) is 1.88. The molecule has 0 bridgehead atoms. The zero-order valence-corrected chi connectivity index (χ0v) is 18.6. The zero-order chi connectivity index (χ0) is 23.4. The summed E-state index contributed by atoms with van der Waals surface area (Å²) in [6, 6.07) is 16.7. The number of amides is 1. The van der Waals surface area contributed by atoms with Gasteiger partial charge in [0.2, 0.25) is 11.7 Å². The van der Waals surface area contributed by atoms with Gasteiger partial charge in [0.15, 0.2) is 0 Å². The van der Waals surface area contributed by atoms with Crippen LogP contribution in [0.15, 0.2) is 65.7 Å². The normalized spacial score (nSPS) is 16.5. The van der Waals surface area contributed by atoms with Crippen molar-refractivity contribution in [3.8, 4) is 5.75 Å². The number of carbonyl (C=O) groups is 1. The van der Waals surface area contributed by atoms with Crippen molar-refractivity contribution in [2.45, 2.75) is 25.7 Å². The van der Waals surface area contributed by atoms with Crippen LogP contribution in [0.3, 0.4) is 0 Å². The first-order valence-electron chi connectivity index (χ1n) is 10.3. The molecule has 0 spiro atoms. The van der Waals surface area contributed by atoms with Gasteiger partial charge in [0, 0.05) is 29.0 Å². The molecule has 9 heteroatoms. The van der Waals surface area contributed by atoms with Crippen molar-refractivity contribution in [3.63, 3.8) is 0 Å². The number of hydrogen-bond acceptors (Lipinski definition) is 6. The average molecular weight is 468 g/mol. The van der Waals surface area contributed by atoms with Gasteiger partial charge in [-0.1, -0.05) is 30.7 Å². The molecule has 1 atom stereocenters. The minimum Gasteiger partial charge on any atom is -0.487 e. The van der Waals surface area contributed by atoms with Crippen molar-refractivity contribution >= 4 is 40.9 Å². The summed E-state index contributed by atoms with van der Waals surface area (Å²) >= 11 is 6.41. The SMILES string of the molecule is CCC(=O)Nc1ccc2c(c1)C(N)(Nc1ccc(OCc3cccc(F)c3)c(Cl)c1)N=CN2. The quantitative estimate of drug-likeness (QED) is 0.365. The van der Waals surface area contributed by atoms with Crippen LogP contribution in [0, 0.1) is 5.82 Å². The third-order valence-corrected chi connectivity index (χ3v) is 5.37. The first-order valence-corrected chi connectivity index (χ1v) is 10.7. The Balaban J connectivity index is 1.52. The second-order valence-electron chi connectivity index (χ2n) is 7.52. The van der Waals surface area contributed by atoms with Gasteiger partial charge in [0.05, 0.1) is 11.4 Å². The van der Waals surface area contributed by atoms with Gasteiger partial charge in [-0.05, 0) is 54.1 Å². The van der Waals surface area contributed by atoms with Gasteiger partial charge in [-0.25, -0.2) is 9.38 Å². The smallest absolute Gasteiger partial charge is 0.224 e. The number of benzene rings is 3. The second kappa shape index (κ2) is 9.48. The first kappa shape index (κ1) is 22.6. The number of ether oxygens (including phenoxy) is 1. The summed E-state index contributed by atoms with van der Waals surface area (Å²) in [6.45, 7) is 1.96. The highest BCUT2D eigenvalue weighted by Gasteiger charge is 2.32. The van der Waals surface area contributed by atoms with E-state index in [1.54, 1.807) is 49.4 Å². The number of nitrogens with zero attached hydrogens (tertiary/aromatic N) is 1. The van der Waals surface area contributed by atoms with E-state index in [0.717, 1.165) is 5.69 Å². The number of halogens is 2. The summed E-state index contributed by atoms with van der Waals surface area (Å²) in [5, 5.41) is 9.44. The molecule has 1 aliphatic rings. The molecule has 7 nitrogen and oxygen atoms in total. The van der Waals surface area contributed by atoms with E-state index in [4.69, 9.17) is 22.1 Å². The van der Waals surface area contributed by atoms with E-state index in [0.29, 0.717) is 39.7 Å². The third-order valence-electron chi connectivity index (χ3n) is 5.07. The van der Waals surface area contributed by atoms with Crippen molar-refractivity contribution in [1.82, 2.24) is 0 Å². The molecule has 1 unspecified atom stereocenters. The van der Waals surface area contributed by atoms with Gasteiger partial charge in [-0.2, -0.15) is 0 Å². The lowest BCUT2D eigenvalue weighted by atomic mass is 10.0.